The van der Waals surface area contributed by atoms with Crippen LogP contribution in [-0.4, -0.2) is 57.3 Å². The minimum atomic E-state index is -0.277. The number of aryl methyl sites for hydroxylation is 2. The predicted octanol–water partition coefficient (Wildman–Crippen LogP) is 0.857. The molecule has 144 valence electrons. The number of aromatic nitrogens is 4. The zero-order valence-corrected chi connectivity index (χ0v) is 16.5. The molecule has 0 amide bonds. The Morgan fingerprint density at radius 3 is 2.58 bits per heavy atom. The average Bonchev–Trinajstić information content (AvgIpc) is 3.00. The van der Waals surface area contributed by atoms with Crippen molar-refractivity contribution in [3.8, 4) is 0 Å². The first-order valence-electron chi connectivity index (χ1n) is 9.40. The summed E-state index contributed by atoms with van der Waals surface area (Å²) in [4.78, 5) is 34.5. The number of imidazole rings is 1. The fraction of sp³-hybridized carbons (Fsp3) is 0.722. The molecule has 0 radical (unpaired) electrons. The van der Waals surface area contributed by atoms with Crippen molar-refractivity contribution in [2.45, 2.75) is 51.7 Å². The van der Waals surface area contributed by atoms with Gasteiger partial charge in [-0.2, -0.15) is 4.98 Å². The van der Waals surface area contributed by atoms with Crippen LogP contribution < -0.4 is 16.1 Å². The number of fused-ring (bicyclic) bond motifs is 3. The van der Waals surface area contributed by atoms with Crippen molar-refractivity contribution >= 4 is 17.1 Å². The van der Waals surface area contributed by atoms with E-state index in [0.29, 0.717) is 23.8 Å². The van der Waals surface area contributed by atoms with Crippen molar-refractivity contribution in [1.29, 1.82) is 0 Å². The van der Waals surface area contributed by atoms with Gasteiger partial charge in [0.2, 0.25) is 5.95 Å². The van der Waals surface area contributed by atoms with Crippen molar-refractivity contribution in [3.63, 3.8) is 0 Å². The first-order chi connectivity index (χ1) is 12.3. The van der Waals surface area contributed by atoms with Gasteiger partial charge < -0.3 is 14.4 Å². The van der Waals surface area contributed by atoms with E-state index in [1.165, 1.54) is 9.13 Å². The Hall–Kier alpha value is -2.09. The molecule has 0 N–H and O–H groups in total. The average molecular weight is 362 g/mol. The Bertz CT molecular complexity index is 907. The normalized spacial score (nSPS) is 15.7. The molecule has 0 saturated carbocycles. The Balaban J connectivity index is 1.92. The molecule has 8 nitrogen and oxygen atoms in total. The second kappa shape index (κ2) is 7.26. The van der Waals surface area contributed by atoms with Gasteiger partial charge in [0.05, 0.1) is 0 Å². The van der Waals surface area contributed by atoms with Gasteiger partial charge in [0.15, 0.2) is 11.2 Å². The van der Waals surface area contributed by atoms with Gasteiger partial charge >= 0.3 is 5.69 Å². The highest BCUT2D eigenvalue weighted by molar-refractivity contribution is 5.74. The van der Waals surface area contributed by atoms with Crippen LogP contribution in [0.1, 0.15) is 32.6 Å². The van der Waals surface area contributed by atoms with Gasteiger partial charge in [-0.15, -0.1) is 0 Å². The molecule has 1 aliphatic heterocycles. The SMILES string of the molecule is C[C@@H](CCCCn1c(=O)c2c(nc3n2CCCN3C)n(C)c1=O)N(C)C. The van der Waals surface area contributed by atoms with E-state index in [4.69, 9.17) is 0 Å². The van der Waals surface area contributed by atoms with Gasteiger partial charge in [-0.1, -0.05) is 6.42 Å². The molecule has 0 fully saturated rings. The van der Waals surface area contributed by atoms with Gasteiger partial charge in [0, 0.05) is 39.8 Å². The zero-order chi connectivity index (χ0) is 19.0. The topological polar surface area (TPSA) is 68.3 Å². The number of anilines is 1. The van der Waals surface area contributed by atoms with E-state index in [1.54, 1.807) is 7.05 Å². The lowest BCUT2D eigenvalue weighted by Crippen LogP contribution is -2.40. The lowest BCUT2D eigenvalue weighted by molar-refractivity contribution is 0.290. The number of rotatable bonds is 6. The fourth-order valence-electron chi connectivity index (χ4n) is 3.59. The lowest BCUT2D eigenvalue weighted by Gasteiger charge is -2.24. The van der Waals surface area contributed by atoms with Crippen molar-refractivity contribution in [3.05, 3.63) is 20.8 Å². The van der Waals surface area contributed by atoms with Crippen molar-refractivity contribution in [2.24, 2.45) is 7.05 Å². The molecule has 3 heterocycles. The van der Waals surface area contributed by atoms with Gasteiger partial charge in [0.1, 0.15) is 0 Å². The van der Waals surface area contributed by atoms with Crippen LogP contribution in [0.2, 0.25) is 0 Å². The Morgan fingerprint density at radius 1 is 1.15 bits per heavy atom. The van der Waals surface area contributed by atoms with E-state index in [1.807, 2.05) is 16.5 Å². The molecule has 26 heavy (non-hydrogen) atoms. The van der Waals surface area contributed by atoms with Crippen molar-refractivity contribution in [2.75, 3.05) is 32.6 Å². The van der Waals surface area contributed by atoms with Gasteiger partial charge in [0.25, 0.3) is 5.56 Å². The van der Waals surface area contributed by atoms with Crippen LogP contribution in [0.15, 0.2) is 9.59 Å². The number of unbranched alkanes of at least 4 members (excludes halogenated alkanes) is 1. The number of hydrogen-bond donors (Lipinski definition) is 0. The van der Waals surface area contributed by atoms with E-state index in [0.717, 1.165) is 44.7 Å². The first kappa shape index (κ1) is 18.7. The van der Waals surface area contributed by atoms with Crippen molar-refractivity contribution in [1.82, 2.24) is 23.6 Å². The molecule has 2 aromatic rings. The van der Waals surface area contributed by atoms with Crippen LogP contribution in [0.3, 0.4) is 0 Å². The summed E-state index contributed by atoms with van der Waals surface area (Å²) in [6, 6.07) is 0.495. The number of hydrogen-bond acceptors (Lipinski definition) is 5. The van der Waals surface area contributed by atoms with E-state index in [-0.39, 0.29) is 11.2 Å². The predicted molar refractivity (Wildman–Crippen MR) is 104 cm³/mol. The second-order valence-corrected chi connectivity index (χ2v) is 7.62. The molecule has 0 aliphatic carbocycles. The smallest absolute Gasteiger partial charge is 0.332 e. The monoisotopic (exact) mass is 362 g/mol. The Kier molecular flexibility index (Phi) is 5.22. The molecule has 8 heteroatoms. The standard InChI is InChI=1S/C18H30N6O2/c1-13(20(2)3)9-6-7-11-24-16(25)14-15(22(5)18(24)26)19-17-21(4)10-8-12-23(14)17/h13H,6-12H2,1-5H3/t13-/m0/s1. The minimum Gasteiger partial charge on any atom is -0.345 e. The van der Waals surface area contributed by atoms with Crippen LogP contribution in [-0.2, 0) is 20.1 Å². The molecule has 0 unspecified atom stereocenters. The highest BCUT2D eigenvalue weighted by Gasteiger charge is 2.24. The maximum absolute atomic E-state index is 13.0. The molecule has 1 aliphatic rings. The maximum atomic E-state index is 13.0. The third kappa shape index (κ3) is 3.18. The highest BCUT2D eigenvalue weighted by atomic mass is 16.2. The van der Waals surface area contributed by atoms with Crippen LogP contribution in [0.4, 0.5) is 5.95 Å². The molecule has 1 atom stereocenters. The molecule has 0 bridgehead atoms. The molecule has 0 saturated heterocycles. The van der Waals surface area contributed by atoms with Crippen LogP contribution in [0, 0.1) is 0 Å². The Morgan fingerprint density at radius 2 is 1.88 bits per heavy atom. The van der Waals surface area contributed by atoms with Gasteiger partial charge in [-0.25, -0.2) is 4.79 Å². The summed E-state index contributed by atoms with van der Waals surface area (Å²) in [6.07, 6.45) is 3.83. The summed E-state index contributed by atoms with van der Waals surface area (Å²) in [5, 5.41) is 0. The van der Waals surface area contributed by atoms with E-state index in [2.05, 4.69) is 30.9 Å². The summed E-state index contributed by atoms with van der Waals surface area (Å²) in [5.74, 6) is 0.774. The van der Waals surface area contributed by atoms with Crippen LogP contribution in [0.25, 0.3) is 11.2 Å². The molecule has 0 spiro atoms. The molecule has 2 aromatic heterocycles. The summed E-state index contributed by atoms with van der Waals surface area (Å²) < 4.78 is 4.86. The second-order valence-electron chi connectivity index (χ2n) is 7.62. The van der Waals surface area contributed by atoms with Crippen molar-refractivity contribution < 1.29 is 0 Å². The summed E-state index contributed by atoms with van der Waals surface area (Å²) in [7, 11) is 7.81. The van der Waals surface area contributed by atoms with Gasteiger partial charge in [-0.05, 0) is 40.3 Å². The van der Waals surface area contributed by atoms with E-state index < -0.39 is 0 Å². The minimum absolute atomic E-state index is 0.210. The Labute approximate surface area is 153 Å². The summed E-state index contributed by atoms with van der Waals surface area (Å²) in [5.41, 5.74) is 0.551. The zero-order valence-electron chi connectivity index (χ0n) is 16.5. The quantitative estimate of drug-likeness (QED) is 0.713. The van der Waals surface area contributed by atoms with Crippen LogP contribution in [0.5, 0.6) is 0 Å². The molecule has 0 aromatic carbocycles. The number of nitrogens with zero attached hydrogens (tertiary/aromatic N) is 6. The molecular weight excluding hydrogens is 332 g/mol. The van der Waals surface area contributed by atoms with Gasteiger partial charge in [-0.3, -0.25) is 13.9 Å². The molecule has 3 rings (SSSR count). The summed E-state index contributed by atoms with van der Waals surface area (Å²) >= 11 is 0. The highest BCUT2D eigenvalue weighted by Crippen LogP contribution is 2.22. The lowest BCUT2D eigenvalue weighted by atomic mass is 10.1. The first-order valence-corrected chi connectivity index (χ1v) is 9.40. The fourth-order valence-corrected chi connectivity index (χ4v) is 3.59. The maximum Gasteiger partial charge on any atom is 0.332 e. The van der Waals surface area contributed by atoms with E-state index >= 15 is 0 Å². The largest absolute Gasteiger partial charge is 0.345 e. The third-order valence-corrected chi connectivity index (χ3v) is 5.56. The third-order valence-electron chi connectivity index (χ3n) is 5.56. The van der Waals surface area contributed by atoms with Crippen LogP contribution >= 0.6 is 0 Å². The molecular formula is C18H30N6O2. The van der Waals surface area contributed by atoms with E-state index in [9.17, 15) is 9.59 Å². The summed E-state index contributed by atoms with van der Waals surface area (Å²) in [6.45, 7) is 4.32.